The zero-order valence-corrected chi connectivity index (χ0v) is 12.8. The highest BCUT2D eigenvalue weighted by Crippen LogP contribution is 2.25. The summed E-state index contributed by atoms with van der Waals surface area (Å²) in [5.41, 5.74) is 3.17. The van der Waals surface area contributed by atoms with Crippen LogP contribution in [-0.2, 0) is 17.8 Å². The van der Waals surface area contributed by atoms with Gasteiger partial charge in [0.25, 0.3) is 5.82 Å². The smallest absolute Gasteiger partial charge is 0.292 e. The van der Waals surface area contributed by atoms with Crippen LogP contribution in [0.3, 0.4) is 0 Å². The van der Waals surface area contributed by atoms with Crippen molar-refractivity contribution in [2.24, 2.45) is 0 Å². The molecule has 2 aliphatic rings. The predicted molar refractivity (Wildman–Crippen MR) is 81.0 cm³/mol. The zero-order valence-electron chi connectivity index (χ0n) is 12.8. The van der Waals surface area contributed by atoms with Gasteiger partial charge in [-0.05, 0) is 31.7 Å². The van der Waals surface area contributed by atoms with Crippen LogP contribution in [0.1, 0.15) is 55.8 Å². The quantitative estimate of drug-likeness (QED) is 0.858. The summed E-state index contributed by atoms with van der Waals surface area (Å²) >= 11 is 0. The van der Waals surface area contributed by atoms with Crippen LogP contribution in [0, 0.1) is 11.3 Å². The minimum atomic E-state index is 0.320. The van der Waals surface area contributed by atoms with Crippen LogP contribution >= 0.6 is 0 Å². The van der Waals surface area contributed by atoms with Gasteiger partial charge in [-0.1, -0.05) is 13.3 Å². The van der Waals surface area contributed by atoms with Crippen molar-refractivity contribution in [1.82, 2.24) is 0 Å². The van der Waals surface area contributed by atoms with E-state index in [1.807, 2.05) is 6.07 Å². The molecule has 0 bridgehead atoms. The molecule has 3 rings (SSSR count). The summed E-state index contributed by atoms with van der Waals surface area (Å²) < 4.78 is 5.89. The van der Waals surface area contributed by atoms with Gasteiger partial charge in [-0.25, -0.2) is 4.98 Å². The molecule has 1 fully saturated rings. The van der Waals surface area contributed by atoms with E-state index in [1.165, 1.54) is 25.0 Å². The Morgan fingerprint density at radius 1 is 1.38 bits per heavy atom. The molecule has 1 aromatic heterocycles. The standard InChI is InChI=1S/C17H23N3O/c1-2-6-15-10-16-14(12-21-15)9-13(11-18)17(19-16)20-7-4-3-5-8-20/h9,15H,2-8,10,12H2,1H3/p+1/t15-/m1/s1. The van der Waals surface area contributed by atoms with Crippen molar-refractivity contribution < 1.29 is 9.72 Å². The molecule has 2 aliphatic heterocycles. The summed E-state index contributed by atoms with van der Waals surface area (Å²) in [7, 11) is 0. The van der Waals surface area contributed by atoms with Gasteiger partial charge in [0.1, 0.15) is 17.3 Å². The third-order valence-electron chi connectivity index (χ3n) is 4.54. The second kappa shape index (κ2) is 6.44. The average molecular weight is 286 g/mol. The molecule has 21 heavy (non-hydrogen) atoms. The first kappa shape index (κ1) is 14.3. The Bertz CT molecular complexity index is 544. The lowest BCUT2D eigenvalue weighted by Crippen LogP contribution is -2.38. The largest absolute Gasteiger partial charge is 0.373 e. The molecule has 112 valence electrons. The Morgan fingerprint density at radius 3 is 2.90 bits per heavy atom. The minimum Gasteiger partial charge on any atom is -0.373 e. The second-order valence-corrected chi connectivity index (χ2v) is 6.12. The van der Waals surface area contributed by atoms with E-state index in [0.717, 1.165) is 49.3 Å². The summed E-state index contributed by atoms with van der Waals surface area (Å²) in [6.07, 6.45) is 7.25. The number of pyridine rings is 1. The average Bonchev–Trinajstić information content (AvgIpc) is 2.54. The molecule has 4 heteroatoms. The highest BCUT2D eigenvalue weighted by atomic mass is 16.5. The van der Waals surface area contributed by atoms with Crippen LogP contribution in [0.25, 0.3) is 0 Å². The van der Waals surface area contributed by atoms with Crippen molar-refractivity contribution >= 4 is 5.82 Å². The van der Waals surface area contributed by atoms with E-state index >= 15 is 0 Å². The summed E-state index contributed by atoms with van der Waals surface area (Å²) in [6, 6.07) is 4.38. The molecular weight excluding hydrogens is 262 g/mol. The third kappa shape index (κ3) is 3.03. The molecule has 4 nitrogen and oxygen atoms in total. The van der Waals surface area contributed by atoms with Gasteiger partial charge in [-0.15, -0.1) is 0 Å². The van der Waals surface area contributed by atoms with E-state index in [0.29, 0.717) is 12.7 Å². The van der Waals surface area contributed by atoms with Crippen molar-refractivity contribution in [3.8, 4) is 6.07 Å². The van der Waals surface area contributed by atoms with Gasteiger partial charge in [0, 0.05) is 12.0 Å². The first-order chi connectivity index (χ1) is 10.3. The molecule has 1 N–H and O–H groups in total. The topological polar surface area (TPSA) is 50.4 Å². The first-order valence-electron chi connectivity index (χ1n) is 8.16. The fourth-order valence-electron chi connectivity index (χ4n) is 3.38. The monoisotopic (exact) mass is 286 g/mol. The first-order valence-corrected chi connectivity index (χ1v) is 8.16. The Kier molecular flexibility index (Phi) is 4.40. The van der Waals surface area contributed by atoms with Crippen LogP contribution in [0.4, 0.5) is 5.82 Å². The van der Waals surface area contributed by atoms with E-state index in [1.54, 1.807) is 0 Å². The molecule has 0 saturated carbocycles. The van der Waals surface area contributed by atoms with Gasteiger partial charge in [-0.3, -0.25) is 4.90 Å². The number of nitrogens with zero attached hydrogens (tertiary/aromatic N) is 2. The fraction of sp³-hybridized carbons (Fsp3) is 0.647. The van der Waals surface area contributed by atoms with E-state index in [2.05, 4.69) is 22.9 Å². The van der Waals surface area contributed by atoms with Gasteiger partial charge in [0.15, 0.2) is 0 Å². The highest BCUT2D eigenvalue weighted by Gasteiger charge is 2.28. The zero-order chi connectivity index (χ0) is 14.7. The number of nitriles is 1. The number of nitrogens with one attached hydrogen (secondary N) is 1. The summed E-state index contributed by atoms with van der Waals surface area (Å²) in [5.74, 6) is 1.02. The van der Waals surface area contributed by atoms with E-state index in [4.69, 9.17) is 4.74 Å². The Balaban J connectivity index is 1.90. The number of aromatic amines is 1. The maximum Gasteiger partial charge on any atom is 0.292 e. The van der Waals surface area contributed by atoms with Crippen molar-refractivity contribution in [1.29, 1.82) is 5.26 Å². The van der Waals surface area contributed by atoms with Gasteiger partial charge < -0.3 is 4.74 Å². The molecule has 0 unspecified atom stereocenters. The molecule has 0 aromatic carbocycles. The number of anilines is 1. The predicted octanol–water partition coefficient (Wildman–Crippen LogP) is 2.60. The van der Waals surface area contributed by atoms with E-state index in [-0.39, 0.29) is 0 Å². The Labute approximate surface area is 126 Å². The number of hydrogen-bond acceptors (Lipinski definition) is 3. The lowest BCUT2D eigenvalue weighted by Gasteiger charge is -2.26. The molecule has 3 heterocycles. The normalized spacial score (nSPS) is 21.7. The van der Waals surface area contributed by atoms with Crippen LogP contribution in [0.5, 0.6) is 0 Å². The third-order valence-corrected chi connectivity index (χ3v) is 4.54. The van der Waals surface area contributed by atoms with Crippen LogP contribution in [0.2, 0.25) is 0 Å². The summed E-state index contributed by atoms with van der Waals surface area (Å²) in [5, 5.41) is 9.45. The number of H-pyrrole nitrogens is 1. The maximum atomic E-state index is 9.45. The van der Waals surface area contributed by atoms with Gasteiger partial charge in [0.2, 0.25) is 0 Å². The number of aromatic nitrogens is 1. The van der Waals surface area contributed by atoms with Crippen LogP contribution < -0.4 is 9.88 Å². The molecule has 1 aromatic rings. The van der Waals surface area contributed by atoms with Gasteiger partial charge in [-0.2, -0.15) is 5.26 Å². The minimum absolute atomic E-state index is 0.320. The lowest BCUT2D eigenvalue weighted by atomic mass is 10.00. The Morgan fingerprint density at radius 2 is 2.19 bits per heavy atom. The Hall–Kier alpha value is -1.60. The number of ether oxygens (including phenoxy) is 1. The highest BCUT2D eigenvalue weighted by molar-refractivity contribution is 5.52. The molecule has 0 amide bonds. The molecule has 1 atom stereocenters. The molecule has 0 spiro atoms. The van der Waals surface area contributed by atoms with Crippen LogP contribution in [-0.4, -0.2) is 19.2 Å². The second-order valence-electron chi connectivity index (χ2n) is 6.12. The van der Waals surface area contributed by atoms with Crippen molar-refractivity contribution in [2.45, 2.75) is 58.2 Å². The molecule has 0 radical (unpaired) electrons. The summed E-state index contributed by atoms with van der Waals surface area (Å²) in [4.78, 5) is 5.91. The van der Waals surface area contributed by atoms with Gasteiger partial charge >= 0.3 is 0 Å². The number of rotatable bonds is 3. The number of fused-ring (bicyclic) bond motifs is 1. The summed E-state index contributed by atoms with van der Waals surface area (Å²) in [6.45, 7) is 4.93. The lowest BCUT2D eigenvalue weighted by molar-refractivity contribution is -0.382. The number of piperidine rings is 1. The maximum absolute atomic E-state index is 9.45. The van der Waals surface area contributed by atoms with Crippen molar-refractivity contribution in [3.05, 3.63) is 22.9 Å². The number of hydrogen-bond donors (Lipinski definition) is 0. The van der Waals surface area contributed by atoms with E-state index in [9.17, 15) is 5.26 Å². The van der Waals surface area contributed by atoms with Crippen LogP contribution in [0.15, 0.2) is 6.07 Å². The molecule has 0 aliphatic carbocycles. The SMILES string of the molecule is CCC[C@@H]1Cc2[nH+]c(N3CCCCC3)c(C#N)cc2CO1. The molecule has 1 saturated heterocycles. The van der Waals surface area contributed by atoms with Gasteiger partial charge in [0.05, 0.1) is 25.8 Å². The fourth-order valence-corrected chi connectivity index (χ4v) is 3.38. The van der Waals surface area contributed by atoms with E-state index < -0.39 is 0 Å². The molecular formula is C17H24N3O+. The van der Waals surface area contributed by atoms with Crippen molar-refractivity contribution in [2.75, 3.05) is 18.0 Å². The van der Waals surface area contributed by atoms with Crippen molar-refractivity contribution in [3.63, 3.8) is 0 Å².